The third-order valence-corrected chi connectivity index (χ3v) is 4.08. The molecule has 0 aromatic carbocycles. The zero-order chi connectivity index (χ0) is 13.3. The molecular formula is C12H16N2O3S. The van der Waals surface area contributed by atoms with E-state index in [0.29, 0.717) is 25.1 Å². The van der Waals surface area contributed by atoms with E-state index in [2.05, 4.69) is 0 Å². The smallest absolute Gasteiger partial charge is 0.332 e. The molecule has 2 aromatic heterocycles. The van der Waals surface area contributed by atoms with E-state index >= 15 is 0 Å². The van der Waals surface area contributed by atoms with E-state index in [9.17, 15) is 9.59 Å². The summed E-state index contributed by atoms with van der Waals surface area (Å²) < 4.78 is 7.92. The molecular weight excluding hydrogens is 252 g/mol. The Hall–Kier alpha value is -1.40. The molecule has 0 aliphatic heterocycles. The predicted octanol–water partition coefficient (Wildman–Crippen LogP) is 1.20. The van der Waals surface area contributed by atoms with Crippen LogP contribution in [0.3, 0.4) is 0 Å². The Morgan fingerprint density at radius 1 is 1.33 bits per heavy atom. The monoisotopic (exact) mass is 268 g/mol. The number of rotatable bonds is 4. The van der Waals surface area contributed by atoms with E-state index < -0.39 is 0 Å². The molecule has 0 N–H and O–H groups in total. The van der Waals surface area contributed by atoms with Gasteiger partial charge in [0.05, 0.1) is 18.5 Å². The zero-order valence-electron chi connectivity index (χ0n) is 10.7. The van der Waals surface area contributed by atoms with E-state index in [1.807, 2.05) is 12.3 Å². The van der Waals surface area contributed by atoms with Crippen LogP contribution in [0.25, 0.3) is 10.2 Å². The minimum atomic E-state index is -0.256. The molecule has 0 saturated heterocycles. The van der Waals surface area contributed by atoms with Gasteiger partial charge in [0.1, 0.15) is 4.83 Å². The van der Waals surface area contributed by atoms with Gasteiger partial charge >= 0.3 is 5.69 Å². The summed E-state index contributed by atoms with van der Waals surface area (Å²) in [5.74, 6) is 0. The van der Waals surface area contributed by atoms with Gasteiger partial charge in [-0.25, -0.2) is 4.79 Å². The van der Waals surface area contributed by atoms with Crippen molar-refractivity contribution >= 4 is 21.6 Å². The van der Waals surface area contributed by atoms with Crippen LogP contribution < -0.4 is 11.2 Å². The maximum Gasteiger partial charge on any atom is 0.332 e. The molecule has 0 spiro atoms. The summed E-state index contributed by atoms with van der Waals surface area (Å²) in [5.41, 5.74) is 0.479. The largest absolute Gasteiger partial charge is 0.383 e. The summed E-state index contributed by atoms with van der Waals surface area (Å²) in [6.07, 6.45) is 0. The lowest BCUT2D eigenvalue weighted by Gasteiger charge is -2.10. The van der Waals surface area contributed by atoms with Crippen LogP contribution in [0.5, 0.6) is 0 Å². The van der Waals surface area contributed by atoms with Crippen molar-refractivity contribution in [3.63, 3.8) is 0 Å². The van der Waals surface area contributed by atoms with Gasteiger partial charge in [-0.3, -0.25) is 13.9 Å². The number of aromatic nitrogens is 2. The number of thiophene rings is 1. The van der Waals surface area contributed by atoms with E-state index in [1.54, 1.807) is 18.6 Å². The van der Waals surface area contributed by atoms with Crippen molar-refractivity contribution in [1.82, 2.24) is 9.13 Å². The molecule has 6 heteroatoms. The quantitative estimate of drug-likeness (QED) is 0.837. The zero-order valence-corrected chi connectivity index (χ0v) is 11.5. The second-order valence-corrected chi connectivity index (χ2v) is 4.93. The Balaban J connectivity index is 2.83. The van der Waals surface area contributed by atoms with Crippen LogP contribution in [0.15, 0.2) is 15.0 Å². The minimum Gasteiger partial charge on any atom is -0.383 e. The SMILES string of the molecule is CCn1c(=O)c2c(C)csc2n(CCOC)c1=O. The highest BCUT2D eigenvalue weighted by Crippen LogP contribution is 2.20. The Bertz CT molecular complexity index is 681. The Morgan fingerprint density at radius 3 is 2.67 bits per heavy atom. The molecule has 98 valence electrons. The van der Waals surface area contributed by atoms with Gasteiger partial charge in [-0.2, -0.15) is 0 Å². The second-order valence-electron chi connectivity index (χ2n) is 4.08. The average molecular weight is 268 g/mol. The number of ether oxygens (including phenoxy) is 1. The minimum absolute atomic E-state index is 0.190. The lowest BCUT2D eigenvalue weighted by Crippen LogP contribution is -2.39. The standard InChI is InChI=1S/C12H16N2O3S/c1-4-13-10(15)9-8(2)7-18-11(9)14(12(13)16)5-6-17-3/h7H,4-6H2,1-3H3. The van der Waals surface area contributed by atoms with Crippen molar-refractivity contribution in [2.24, 2.45) is 0 Å². The molecule has 0 bridgehead atoms. The lowest BCUT2D eigenvalue weighted by molar-refractivity contribution is 0.186. The highest BCUT2D eigenvalue weighted by atomic mass is 32.1. The summed E-state index contributed by atoms with van der Waals surface area (Å²) >= 11 is 1.43. The van der Waals surface area contributed by atoms with Crippen LogP contribution in [0.1, 0.15) is 12.5 Å². The molecule has 0 amide bonds. The average Bonchev–Trinajstić information content (AvgIpc) is 2.72. The highest BCUT2D eigenvalue weighted by Gasteiger charge is 2.15. The van der Waals surface area contributed by atoms with Crippen molar-refractivity contribution in [1.29, 1.82) is 0 Å². The van der Waals surface area contributed by atoms with Crippen molar-refractivity contribution in [3.8, 4) is 0 Å². The summed E-state index contributed by atoms with van der Waals surface area (Å²) in [5, 5.41) is 2.56. The van der Waals surface area contributed by atoms with Crippen molar-refractivity contribution in [2.45, 2.75) is 26.9 Å². The summed E-state index contributed by atoms with van der Waals surface area (Å²) in [6, 6.07) is 0. The summed E-state index contributed by atoms with van der Waals surface area (Å²) in [7, 11) is 1.59. The number of hydrogen-bond acceptors (Lipinski definition) is 4. The van der Waals surface area contributed by atoms with Gasteiger partial charge in [-0.1, -0.05) is 0 Å². The van der Waals surface area contributed by atoms with Gasteiger partial charge < -0.3 is 4.74 Å². The molecule has 0 unspecified atom stereocenters. The van der Waals surface area contributed by atoms with Crippen LogP contribution in [0.4, 0.5) is 0 Å². The first-order chi connectivity index (χ1) is 8.61. The maximum absolute atomic E-state index is 12.2. The van der Waals surface area contributed by atoms with Gasteiger partial charge in [0.25, 0.3) is 5.56 Å². The first kappa shape index (κ1) is 13.0. The van der Waals surface area contributed by atoms with E-state index in [-0.39, 0.29) is 11.2 Å². The molecule has 0 aliphatic carbocycles. The van der Waals surface area contributed by atoms with Crippen molar-refractivity contribution < 1.29 is 4.74 Å². The normalized spacial score (nSPS) is 11.3. The summed E-state index contributed by atoms with van der Waals surface area (Å²) in [4.78, 5) is 25.2. The fourth-order valence-corrected chi connectivity index (χ4v) is 3.07. The van der Waals surface area contributed by atoms with Crippen molar-refractivity contribution in [3.05, 3.63) is 31.8 Å². The third-order valence-electron chi connectivity index (χ3n) is 2.96. The first-order valence-electron chi connectivity index (χ1n) is 5.82. The van der Waals surface area contributed by atoms with E-state index in [0.717, 1.165) is 10.4 Å². The molecule has 18 heavy (non-hydrogen) atoms. The van der Waals surface area contributed by atoms with Gasteiger partial charge in [0.15, 0.2) is 0 Å². The predicted molar refractivity (Wildman–Crippen MR) is 72.6 cm³/mol. The summed E-state index contributed by atoms with van der Waals surface area (Å²) in [6.45, 7) is 5.00. The Morgan fingerprint density at radius 2 is 2.06 bits per heavy atom. The number of aryl methyl sites for hydroxylation is 1. The second kappa shape index (κ2) is 5.07. The lowest BCUT2D eigenvalue weighted by atomic mass is 10.2. The van der Waals surface area contributed by atoms with Crippen LogP contribution in [-0.2, 0) is 17.8 Å². The van der Waals surface area contributed by atoms with E-state index in [4.69, 9.17) is 4.74 Å². The topological polar surface area (TPSA) is 53.2 Å². The number of hydrogen-bond donors (Lipinski definition) is 0. The molecule has 0 saturated carbocycles. The number of fused-ring (bicyclic) bond motifs is 1. The van der Waals surface area contributed by atoms with Crippen LogP contribution in [-0.4, -0.2) is 22.9 Å². The molecule has 2 aromatic rings. The molecule has 2 heterocycles. The van der Waals surface area contributed by atoms with Crippen LogP contribution in [0, 0.1) is 6.92 Å². The first-order valence-corrected chi connectivity index (χ1v) is 6.70. The fourth-order valence-electron chi connectivity index (χ4n) is 2.00. The Kier molecular flexibility index (Phi) is 3.68. The number of nitrogens with zero attached hydrogens (tertiary/aromatic N) is 2. The molecule has 0 radical (unpaired) electrons. The maximum atomic E-state index is 12.2. The highest BCUT2D eigenvalue weighted by molar-refractivity contribution is 7.17. The third kappa shape index (κ3) is 1.91. The van der Waals surface area contributed by atoms with Crippen LogP contribution >= 0.6 is 11.3 Å². The molecule has 0 aliphatic rings. The molecule has 5 nitrogen and oxygen atoms in total. The van der Waals surface area contributed by atoms with Gasteiger partial charge in [-0.05, 0) is 24.8 Å². The number of methoxy groups -OCH3 is 1. The molecule has 0 atom stereocenters. The van der Waals surface area contributed by atoms with Gasteiger partial charge in [0.2, 0.25) is 0 Å². The van der Waals surface area contributed by atoms with E-state index in [1.165, 1.54) is 15.9 Å². The van der Waals surface area contributed by atoms with Gasteiger partial charge in [-0.15, -0.1) is 11.3 Å². The fraction of sp³-hybridized carbons (Fsp3) is 0.500. The van der Waals surface area contributed by atoms with Crippen LogP contribution in [0.2, 0.25) is 0 Å². The molecule has 2 rings (SSSR count). The Labute approximate surface area is 108 Å². The van der Waals surface area contributed by atoms with Crippen molar-refractivity contribution in [2.75, 3.05) is 13.7 Å². The molecule has 0 fully saturated rings. The van der Waals surface area contributed by atoms with Gasteiger partial charge in [0, 0.05) is 13.7 Å².